The van der Waals surface area contributed by atoms with Crippen LogP contribution in [0.15, 0.2) is 18.5 Å². The molecule has 1 aromatic rings. The molecule has 0 aliphatic heterocycles. The van der Waals surface area contributed by atoms with Gasteiger partial charge in [0.2, 0.25) is 0 Å². The highest BCUT2D eigenvalue weighted by molar-refractivity contribution is 6.33. The molecule has 3 nitrogen and oxygen atoms in total. The van der Waals surface area contributed by atoms with Crippen molar-refractivity contribution < 1.29 is 4.79 Å². The summed E-state index contributed by atoms with van der Waals surface area (Å²) in [5.41, 5.74) is 0.434. The Morgan fingerprint density at radius 3 is 2.75 bits per heavy atom. The second-order valence-electron chi connectivity index (χ2n) is 4.09. The Labute approximate surface area is 101 Å². The zero-order valence-corrected chi connectivity index (χ0v) is 10.6. The van der Waals surface area contributed by atoms with Crippen LogP contribution in [0.5, 0.6) is 0 Å². The number of carbonyl (C=O) groups is 1. The van der Waals surface area contributed by atoms with E-state index in [1.807, 2.05) is 0 Å². The number of nitrogens with one attached hydrogen (secondary N) is 1. The Balaban J connectivity index is 2.76. The van der Waals surface area contributed by atoms with Gasteiger partial charge < -0.3 is 5.32 Å². The van der Waals surface area contributed by atoms with E-state index in [2.05, 4.69) is 31.1 Å². The van der Waals surface area contributed by atoms with Crippen LogP contribution in [0.3, 0.4) is 0 Å². The van der Waals surface area contributed by atoms with Crippen molar-refractivity contribution in [3.8, 4) is 0 Å². The molecule has 16 heavy (non-hydrogen) atoms. The molecule has 1 amide bonds. The third-order valence-electron chi connectivity index (χ3n) is 2.57. The van der Waals surface area contributed by atoms with Gasteiger partial charge in [0.25, 0.3) is 5.91 Å². The van der Waals surface area contributed by atoms with E-state index in [1.54, 1.807) is 12.3 Å². The van der Waals surface area contributed by atoms with E-state index < -0.39 is 0 Å². The molecule has 1 heterocycles. The van der Waals surface area contributed by atoms with Gasteiger partial charge in [-0.2, -0.15) is 0 Å². The summed E-state index contributed by atoms with van der Waals surface area (Å²) in [7, 11) is 0. The van der Waals surface area contributed by atoms with Crippen LogP contribution in [0.4, 0.5) is 0 Å². The number of rotatable bonds is 4. The summed E-state index contributed by atoms with van der Waals surface area (Å²) in [5.74, 6) is 0.253. The second-order valence-corrected chi connectivity index (χ2v) is 4.49. The predicted molar refractivity (Wildman–Crippen MR) is 65.6 cm³/mol. The van der Waals surface area contributed by atoms with Crippen molar-refractivity contribution >= 4 is 17.5 Å². The van der Waals surface area contributed by atoms with E-state index in [-0.39, 0.29) is 11.9 Å². The zero-order valence-electron chi connectivity index (χ0n) is 9.83. The first-order chi connectivity index (χ1) is 7.56. The molecule has 0 spiro atoms. The fourth-order valence-corrected chi connectivity index (χ4v) is 1.72. The molecule has 0 aromatic carbocycles. The molecule has 1 atom stereocenters. The first kappa shape index (κ1) is 13.0. The maximum Gasteiger partial charge on any atom is 0.254 e. The number of halogens is 1. The summed E-state index contributed by atoms with van der Waals surface area (Å²) in [4.78, 5) is 15.8. The SMILES string of the molecule is CCC(NC(=O)c1cnccc1Cl)C(C)C. The van der Waals surface area contributed by atoms with Crippen molar-refractivity contribution in [2.45, 2.75) is 33.2 Å². The number of amides is 1. The van der Waals surface area contributed by atoms with Crippen molar-refractivity contribution in [2.75, 3.05) is 0 Å². The highest BCUT2D eigenvalue weighted by atomic mass is 35.5. The largest absolute Gasteiger partial charge is 0.349 e. The van der Waals surface area contributed by atoms with E-state index >= 15 is 0 Å². The summed E-state index contributed by atoms with van der Waals surface area (Å²) in [6, 6.07) is 1.79. The lowest BCUT2D eigenvalue weighted by atomic mass is 10.0. The quantitative estimate of drug-likeness (QED) is 0.879. The number of nitrogens with zero attached hydrogens (tertiary/aromatic N) is 1. The molecule has 0 aliphatic carbocycles. The summed E-state index contributed by atoms with van der Waals surface area (Å²) in [6.45, 7) is 6.22. The standard InChI is InChI=1S/C12H17ClN2O/c1-4-11(8(2)3)15-12(16)9-7-14-6-5-10(9)13/h5-8,11H,4H2,1-3H3,(H,15,16). The van der Waals surface area contributed by atoms with Crippen LogP contribution in [0.1, 0.15) is 37.6 Å². The van der Waals surface area contributed by atoms with Gasteiger partial charge in [-0.25, -0.2) is 0 Å². The van der Waals surface area contributed by atoms with Crippen LogP contribution in [0.25, 0.3) is 0 Å². The molecular formula is C12H17ClN2O. The summed E-state index contributed by atoms with van der Waals surface area (Å²) < 4.78 is 0. The van der Waals surface area contributed by atoms with Crippen LogP contribution in [0.2, 0.25) is 5.02 Å². The highest BCUT2D eigenvalue weighted by Crippen LogP contribution is 2.14. The van der Waals surface area contributed by atoms with Gasteiger partial charge in [-0.05, 0) is 18.4 Å². The van der Waals surface area contributed by atoms with E-state index in [0.717, 1.165) is 6.42 Å². The Hall–Kier alpha value is -1.09. The number of pyridine rings is 1. The molecule has 1 rings (SSSR count). The van der Waals surface area contributed by atoms with Crippen LogP contribution in [-0.2, 0) is 0 Å². The Morgan fingerprint density at radius 1 is 1.56 bits per heavy atom. The van der Waals surface area contributed by atoms with Crippen LogP contribution < -0.4 is 5.32 Å². The van der Waals surface area contributed by atoms with Gasteiger partial charge in [-0.1, -0.05) is 32.4 Å². The molecule has 0 saturated heterocycles. The highest BCUT2D eigenvalue weighted by Gasteiger charge is 2.16. The molecular weight excluding hydrogens is 224 g/mol. The Morgan fingerprint density at radius 2 is 2.25 bits per heavy atom. The summed E-state index contributed by atoms with van der Waals surface area (Å²) >= 11 is 5.92. The Kier molecular flexibility index (Phi) is 4.74. The molecule has 4 heteroatoms. The maximum atomic E-state index is 11.9. The van der Waals surface area contributed by atoms with E-state index in [9.17, 15) is 4.79 Å². The van der Waals surface area contributed by atoms with Gasteiger partial charge in [0.05, 0.1) is 10.6 Å². The molecule has 0 bridgehead atoms. The lowest BCUT2D eigenvalue weighted by molar-refractivity contribution is 0.0924. The van der Waals surface area contributed by atoms with Crippen molar-refractivity contribution in [2.24, 2.45) is 5.92 Å². The van der Waals surface area contributed by atoms with E-state index in [0.29, 0.717) is 16.5 Å². The van der Waals surface area contributed by atoms with Gasteiger partial charge >= 0.3 is 0 Å². The second kappa shape index (κ2) is 5.85. The maximum absolute atomic E-state index is 11.9. The summed E-state index contributed by atoms with van der Waals surface area (Å²) in [6.07, 6.45) is 3.96. The first-order valence-corrected chi connectivity index (χ1v) is 5.84. The topological polar surface area (TPSA) is 42.0 Å². The Bertz CT molecular complexity index is 366. The predicted octanol–water partition coefficient (Wildman–Crippen LogP) is 2.90. The molecule has 0 aliphatic rings. The van der Waals surface area contributed by atoms with Gasteiger partial charge in [-0.15, -0.1) is 0 Å². The van der Waals surface area contributed by atoms with Crippen molar-refractivity contribution in [3.05, 3.63) is 29.0 Å². The minimum absolute atomic E-state index is 0.154. The normalized spacial score (nSPS) is 12.6. The van der Waals surface area contributed by atoms with Crippen LogP contribution in [0, 0.1) is 5.92 Å². The smallest absolute Gasteiger partial charge is 0.254 e. The molecule has 0 fully saturated rings. The van der Waals surface area contributed by atoms with Crippen molar-refractivity contribution in [1.29, 1.82) is 0 Å². The van der Waals surface area contributed by atoms with Crippen molar-refractivity contribution in [1.82, 2.24) is 10.3 Å². The minimum atomic E-state index is -0.154. The number of hydrogen-bond acceptors (Lipinski definition) is 2. The lowest BCUT2D eigenvalue weighted by Gasteiger charge is -2.20. The molecule has 1 aromatic heterocycles. The lowest BCUT2D eigenvalue weighted by Crippen LogP contribution is -2.38. The third kappa shape index (κ3) is 3.20. The van der Waals surface area contributed by atoms with Gasteiger partial charge in [0.1, 0.15) is 0 Å². The van der Waals surface area contributed by atoms with Crippen LogP contribution >= 0.6 is 11.6 Å². The number of carbonyl (C=O) groups excluding carboxylic acids is 1. The monoisotopic (exact) mass is 240 g/mol. The number of hydrogen-bond donors (Lipinski definition) is 1. The first-order valence-electron chi connectivity index (χ1n) is 5.46. The average molecular weight is 241 g/mol. The van der Waals surface area contributed by atoms with Gasteiger partial charge in [-0.3, -0.25) is 9.78 Å². The minimum Gasteiger partial charge on any atom is -0.349 e. The van der Waals surface area contributed by atoms with Crippen molar-refractivity contribution in [3.63, 3.8) is 0 Å². The third-order valence-corrected chi connectivity index (χ3v) is 2.90. The van der Waals surface area contributed by atoms with E-state index in [4.69, 9.17) is 11.6 Å². The molecule has 88 valence electrons. The van der Waals surface area contributed by atoms with E-state index in [1.165, 1.54) is 6.20 Å². The summed E-state index contributed by atoms with van der Waals surface area (Å²) in [5, 5.41) is 3.40. The molecule has 1 unspecified atom stereocenters. The van der Waals surface area contributed by atoms with Crippen LogP contribution in [-0.4, -0.2) is 16.9 Å². The average Bonchev–Trinajstić information content (AvgIpc) is 2.25. The fraction of sp³-hybridized carbons (Fsp3) is 0.500. The molecule has 0 radical (unpaired) electrons. The molecule has 1 N–H and O–H groups in total. The number of aromatic nitrogens is 1. The van der Waals surface area contributed by atoms with Gasteiger partial charge in [0.15, 0.2) is 0 Å². The zero-order chi connectivity index (χ0) is 12.1. The molecule has 0 saturated carbocycles. The fourth-order valence-electron chi connectivity index (χ4n) is 1.53. The van der Waals surface area contributed by atoms with Gasteiger partial charge in [0, 0.05) is 18.4 Å².